The number of hydrogen-bond donors (Lipinski definition) is 0. The van der Waals surface area contributed by atoms with E-state index in [1.54, 1.807) is 17.0 Å². The number of aromatic nitrogens is 3. The van der Waals surface area contributed by atoms with Crippen molar-refractivity contribution in [2.24, 2.45) is 0 Å². The van der Waals surface area contributed by atoms with Gasteiger partial charge < -0.3 is 14.2 Å². The van der Waals surface area contributed by atoms with E-state index in [0.717, 1.165) is 11.6 Å². The molecule has 0 saturated carbocycles. The Morgan fingerprint density at radius 1 is 1.23 bits per heavy atom. The predicted molar refractivity (Wildman–Crippen MR) is 82.5 cm³/mol. The first kappa shape index (κ1) is 15.1. The van der Waals surface area contributed by atoms with Crippen LogP contribution < -0.4 is 4.74 Å². The van der Waals surface area contributed by atoms with E-state index in [2.05, 4.69) is 10.2 Å². The number of ether oxygens (including phenoxy) is 1. The highest BCUT2D eigenvalue weighted by molar-refractivity contribution is 6.37. The maximum Gasteiger partial charge on any atom is 0.259 e. The van der Waals surface area contributed by atoms with Crippen LogP contribution in [0.3, 0.4) is 0 Å². The Bertz CT molecular complexity index is 745. The third kappa shape index (κ3) is 2.42. The molecule has 1 amide bonds. The molecule has 0 bridgehead atoms. The van der Waals surface area contributed by atoms with Gasteiger partial charge in [-0.3, -0.25) is 4.79 Å². The number of amides is 1. The van der Waals surface area contributed by atoms with E-state index >= 15 is 0 Å². The van der Waals surface area contributed by atoms with Gasteiger partial charge in [0.1, 0.15) is 11.4 Å². The number of halogens is 2. The summed E-state index contributed by atoms with van der Waals surface area (Å²) in [6.07, 6.45) is 0. The lowest BCUT2D eigenvalue weighted by atomic mass is 10.1. The molecule has 0 unspecified atom stereocenters. The van der Waals surface area contributed by atoms with Crippen molar-refractivity contribution in [2.45, 2.75) is 20.0 Å². The Hall–Kier alpha value is -1.79. The fourth-order valence-electron chi connectivity index (χ4n) is 2.57. The highest BCUT2D eigenvalue weighted by Gasteiger charge is 2.28. The summed E-state index contributed by atoms with van der Waals surface area (Å²) in [6, 6.07) is 3.20. The molecule has 2 aromatic rings. The molecule has 1 aromatic carbocycles. The molecule has 0 radical (unpaired) electrons. The number of rotatable bonds is 2. The minimum atomic E-state index is -0.226. The summed E-state index contributed by atoms with van der Waals surface area (Å²) in [7, 11) is 1.46. The van der Waals surface area contributed by atoms with Crippen LogP contribution in [0.15, 0.2) is 12.1 Å². The van der Waals surface area contributed by atoms with E-state index in [1.165, 1.54) is 7.11 Å². The van der Waals surface area contributed by atoms with Gasteiger partial charge in [0.05, 0.1) is 23.7 Å². The second kappa shape index (κ2) is 5.78. The van der Waals surface area contributed by atoms with Crippen LogP contribution in [-0.4, -0.2) is 39.2 Å². The molecule has 0 spiro atoms. The lowest BCUT2D eigenvalue weighted by Crippen LogP contribution is -2.39. The maximum absolute atomic E-state index is 12.8. The molecule has 1 aliphatic rings. The number of fused-ring (bicyclic) bond motifs is 1. The molecule has 1 aromatic heterocycles. The van der Waals surface area contributed by atoms with E-state index in [1.807, 2.05) is 11.5 Å². The van der Waals surface area contributed by atoms with E-state index in [9.17, 15) is 4.79 Å². The van der Waals surface area contributed by atoms with Crippen molar-refractivity contribution in [2.75, 3.05) is 13.7 Å². The topological polar surface area (TPSA) is 60.2 Å². The van der Waals surface area contributed by atoms with Gasteiger partial charge in [-0.2, -0.15) is 0 Å². The van der Waals surface area contributed by atoms with Crippen LogP contribution in [0.4, 0.5) is 0 Å². The van der Waals surface area contributed by atoms with Crippen molar-refractivity contribution in [1.29, 1.82) is 0 Å². The Labute approximate surface area is 137 Å². The van der Waals surface area contributed by atoms with Gasteiger partial charge in [-0.25, -0.2) is 0 Å². The largest absolute Gasteiger partial charge is 0.494 e. The van der Waals surface area contributed by atoms with Gasteiger partial charge in [0.25, 0.3) is 5.91 Å². The number of benzene rings is 1. The average molecular weight is 341 g/mol. The zero-order valence-corrected chi connectivity index (χ0v) is 13.6. The monoisotopic (exact) mass is 340 g/mol. The van der Waals surface area contributed by atoms with E-state index in [-0.39, 0.29) is 11.5 Å². The fourth-order valence-corrected chi connectivity index (χ4v) is 3.03. The third-order valence-corrected chi connectivity index (χ3v) is 4.31. The van der Waals surface area contributed by atoms with Crippen molar-refractivity contribution < 1.29 is 9.53 Å². The summed E-state index contributed by atoms with van der Waals surface area (Å²) in [4.78, 5) is 14.5. The Morgan fingerprint density at radius 3 is 2.68 bits per heavy atom. The normalized spacial score (nSPS) is 13.9. The van der Waals surface area contributed by atoms with Crippen molar-refractivity contribution >= 4 is 29.1 Å². The second-order valence-corrected chi connectivity index (χ2v) is 5.79. The first-order chi connectivity index (χ1) is 10.5. The fraction of sp³-hybridized carbons (Fsp3) is 0.357. The van der Waals surface area contributed by atoms with Gasteiger partial charge in [-0.1, -0.05) is 23.2 Å². The molecule has 3 rings (SSSR count). The summed E-state index contributed by atoms with van der Waals surface area (Å²) < 4.78 is 7.25. The molecule has 116 valence electrons. The van der Waals surface area contributed by atoms with E-state index in [0.29, 0.717) is 35.4 Å². The summed E-state index contributed by atoms with van der Waals surface area (Å²) in [5.41, 5.74) is 0.279. The molecule has 1 aliphatic heterocycles. The van der Waals surface area contributed by atoms with Crippen molar-refractivity contribution in [1.82, 2.24) is 19.7 Å². The minimum absolute atomic E-state index is 0.226. The van der Waals surface area contributed by atoms with E-state index < -0.39 is 0 Å². The zero-order valence-electron chi connectivity index (χ0n) is 12.1. The summed E-state index contributed by atoms with van der Waals surface area (Å²) in [6.45, 7) is 3.48. The molecular weight excluding hydrogens is 327 g/mol. The number of carbonyl (C=O) groups excluding carboxylic acids is 1. The highest BCUT2D eigenvalue weighted by Crippen LogP contribution is 2.35. The van der Waals surface area contributed by atoms with Crippen LogP contribution in [0.25, 0.3) is 0 Å². The van der Waals surface area contributed by atoms with Gasteiger partial charge in [0.2, 0.25) is 0 Å². The maximum atomic E-state index is 12.8. The predicted octanol–water partition coefficient (Wildman–Crippen LogP) is 2.56. The Balaban J connectivity index is 1.94. The van der Waals surface area contributed by atoms with Crippen molar-refractivity contribution in [3.05, 3.63) is 39.4 Å². The molecule has 0 N–H and O–H groups in total. The van der Waals surface area contributed by atoms with Crippen molar-refractivity contribution in [3.8, 4) is 5.75 Å². The van der Waals surface area contributed by atoms with Crippen molar-refractivity contribution in [3.63, 3.8) is 0 Å². The van der Waals surface area contributed by atoms with Gasteiger partial charge in [-0.15, -0.1) is 10.2 Å². The Kier molecular flexibility index (Phi) is 3.97. The van der Waals surface area contributed by atoms with Crippen LogP contribution in [0, 0.1) is 6.92 Å². The molecule has 2 heterocycles. The smallest absolute Gasteiger partial charge is 0.259 e. The molecule has 0 saturated heterocycles. The molecule has 0 atom stereocenters. The zero-order chi connectivity index (χ0) is 15.9. The standard InChI is InChI=1S/C14H14Cl2N4O2/c1-8-17-18-11-7-19(5-6-20(8)11)14(21)12-9(15)3-4-10(16)13(12)22-2/h3-4H,5-7H2,1-2H3. The quantitative estimate of drug-likeness (QED) is 0.842. The Morgan fingerprint density at radius 2 is 1.95 bits per heavy atom. The molecular formula is C14H14Cl2N4O2. The van der Waals surface area contributed by atoms with E-state index in [4.69, 9.17) is 27.9 Å². The van der Waals surface area contributed by atoms with Crippen LogP contribution in [0.2, 0.25) is 10.0 Å². The summed E-state index contributed by atoms with van der Waals surface area (Å²) in [5.74, 6) is 1.67. The molecule has 0 fully saturated rings. The average Bonchev–Trinajstić information content (AvgIpc) is 2.89. The van der Waals surface area contributed by atoms with Gasteiger partial charge in [-0.05, 0) is 19.1 Å². The number of methoxy groups -OCH3 is 1. The SMILES string of the molecule is COc1c(Cl)ccc(Cl)c1C(=O)N1CCn2c(C)nnc2C1. The van der Waals surface area contributed by atoms with Gasteiger partial charge in [0, 0.05) is 13.1 Å². The number of hydrogen-bond acceptors (Lipinski definition) is 4. The second-order valence-electron chi connectivity index (χ2n) is 4.98. The van der Waals surface area contributed by atoms with Crippen LogP contribution in [0.1, 0.15) is 22.0 Å². The molecule has 6 nitrogen and oxygen atoms in total. The summed E-state index contributed by atoms with van der Waals surface area (Å²) >= 11 is 12.3. The molecule has 0 aliphatic carbocycles. The number of carbonyl (C=O) groups is 1. The van der Waals surface area contributed by atoms with Crippen LogP contribution in [0.5, 0.6) is 5.75 Å². The van der Waals surface area contributed by atoms with Gasteiger partial charge >= 0.3 is 0 Å². The lowest BCUT2D eigenvalue weighted by molar-refractivity contribution is 0.0703. The summed E-state index contributed by atoms with van der Waals surface area (Å²) in [5, 5.41) is 8.79. The number of nitrogens with zero attached hydrogens (tertiary/aromatic N) is 4. The highest BCUT2D eigenvalue weighted by atomic mass is 35.5. The number of aryl methyl sites for hydroxylation is 1. The van der Waals surface area contributed by atoms with Gasteiger partial charge in [0.15, 0.2) is 11.6 Å². The first-order valence-corrected chi connectivity index (χ1v) is 7.48. The van der Waals surface area contributed by atoms with Crippen LogP contribution in [-0.2, 0) is 13.1 Å². The lowest BCUT2D eigenvalue weighted by Gasteiger charge is -2.28. The minimum Gasteiger partial charge on any atom is -0.494 e. The first-order valence-electron chi connectivity index (χ1n) is 6.73. The molecule has 8 heteroatoms. The third-order valence-electron chi connectivity index (χ3n) is 3.70. The van der Waals surface area contributed by atoms with Crippen LogP contribution >= 0.6 is 23.2 Å². The molecule has 22 heavy (non-hydrogen) atoms.